The first-order chi connectivity index (χ1) is 21.7. The Hall–Kier alpha value is -3.69. The fourth-order valence-electron chi connectivity index (χ4n) is 8.34. The minimum Gasteiger partial charge on any atom is -0.453 e. The number of hydrogen-bond acceptors (Lipinski definition) is 6. The van der Waals surface area contributed by atoms with E-state index in [-0.39, 0.29) is 18.4 Å². The number of imidazole rings is 1. The van der Waals surface area contributed by atoms with Crippen LogP contribution in [0.4, 0.5) is 4.79 Å². The maximum Gasteiger partial charge on any atom is 0.407 e. The molecule has 9 heteroatoms. The number of alkyl carbamates (subject to hydrolysis) is 1. The highest BCUT2D eigenvalue weighted by Gasteiger charge is 2.53. The van der Waals surface area contributed by atoms with Gasteiger partial charge in [0, 0.05) is 6.42 Å². The van der Waals surface area contributed by atoms with Gasteiger partial charge in [-0.25, -0.2) is 9.78 Å². The third kappa shape index (κ3) is 5.23. The molecule has 2 N–H and O–H groups in total. The summed E-state index contributed by atoms with van der Waals surface area (Å²) in [6, 6.07) is 12.2. The number of aromatic amines is 1. The van der Waals surface area contributed by atoms with E-state index in [0.717, 1.165) is 11.3 Å². The predicted molar refractivity (Wildman–Crippen MR) is 171 cm³/mol. The smallest absolute Gasteiger partial charge is 0.407 e. The number of hydrogen-bond donors (Lipinski definition) is 2. The number of carbonyl (C=O) groups excluding carboxylic acids is 2. The lowest BCUT2D eigenvalue weighted by atomic mass is 9.76. The zero-order valence-corrected chi connectivity index (χ0v) is 26.8. The molecule has 2 spiro atoms. The van der Waals surface area contributed by atoms with Crippen LogP contribution in [0.5, 0.6) is 0 Å². The van der Waals surface area contributed by atoms with Crippen LogP contribution in [0.1, 0.15) is 80.9 Å². The number of benzene rings is 2. The summed E-state index contributed by atoms with van der Waals surface area (Å²) < 4.78 is 16.9. The molecule has 3 heterocycles. The Balaban J connectivity index is 1.16. The normalized spacial score (nSPS) is 22.0. The van der Waals surface area contributed by atoms with Gasteiger partial charge in [-0.1, -0.05) is 63.1 Å². The lowest BCUT2D eigenvalue weighted by molar-refractivity contribution is -0.153. The minimum absolute atomic E-state index is 0.150. The van der Waals surface area contributed by atoms with Gasteiger partial charge in [-0.2, -0.15) is 0 Å². The molecule has 2 aromatic carbocycles. The molecule has 3 fully saturated rings. The summed E-state index contributed by atoms with van der Waals surface area (Å²) in [6.07, 6.45) is 9.39. The number of H-pyrrole nitrogens is 1. The number of likely N-dealkylation sites (tertiary alicyclic amines) is 1. The van der Waals surface area contributed by atoms with Crippen molar-refractivity contribution >= 4 is 12.0 Å². The van der Waals surface area contributed by atoms with E-state index < -0.39 is 24.0 Å². The van der Waals surface area contributed by atoms with Crippen LogP contribution < -0.4 is 5.32 Å². The molecule has 2 aliphatic carbocycles. The molecule has 2 aliphatic heterocycles. The van der Waals surface area contributed by atoms with Gasteiger partial charge in [-0.05, 0) is 77.3 Å². The Bertz CT molecular complexity index is 1580. The summed E-state index contributed by atoms with van der Waals surface area (Å²) >= 11 is 0. The Labute approximate surface area is 265 Å². The third-order valence-corrected chi connectivity index (χ3v) is 10.7. The molecule has 238 valence electrons. The molecule has 0 radical (unpaired) electrons. The Morgan fingerprint density at radius 1 is 1.04 bits per heavy atom. The predicted octanol–water partition coefficient (Wildman–Crippen LogP) is 6.21. The molecule has 0 unspecified atom stereocenters. The van der Waals surface area contributed by atoms with E-state index >= 15 is 0 Å². The Kier molecular flexibility index (Phi) is 7.72. The highest BCUT2D eigenvalue weighted by Crippen LogP contribution is 2.54. The van der Waals surface area contributed by atoms with Crippen LogP contribution in [0.3, 0.4) is 0 Å². The van der Waals surface area contributed by atoms with E-state index in [1.165, 1.54) is 62.3 Å². The first-order valence-corrected chi connectivity index (χ1v) is 16.4. The first kappa shape index (κ1) is 30.0. The summed E-state index contributed by atoms with van der Waals surface area (Å²) in [4.78, 5) is 36.0. The molecule has 2 amide bonds. The van der Waals surface area contributed by atoms with Crippen molar-refractivity contribution in [3.8, 4) is 22.4 Å². The van der Waals surface area contributed by atoms with Gasteiger partial charge in [0.2, 0.25) is 5.91 Å². The van der Waals surface area contributed by atoms with E-state index in [4.69, 9.17) is 19.2 Å². The summed E-state index contributed by atoms with van der Waals surface area (Å²) in [6.45, 7) is 7.27. The van der Waals surface area contributed by atoms with Gasteiger partial charge in [0.05, 0.1) is 44.8 Å². The van der Waals surface area contributed by atoms with E-state index in [1.54, 1.807) is 16.0 Å². The lowest BCUT2D eigenvalue weighted by Crippen LogP contribution is -2.52. The van der Waals surface area contributed by atoms with Crippen LogP contribution in [-0.2, 0) is 30.8 Å². The Morgan fingerprint density at radius 3 is 2.44 bits per heavy atom. The van der Waals surface area contributed by atoms with Gasteiger partial charge in [0.15, 0.2) is 5.79 Å². The average molecular weight is 613 g/mol. The van der Waals surface area contributed by atoms with E-state index in [9.17, 15) is 9.59 Å². The molecule has 1 saturated carbocycles. The quantitative estimate of drug-likeness (QED) is 0.343. The number of carbonyl (C=O) groups is 2. The lowest BCUT2D eigenvalue weighted by Gasteiger charge is -2.30. The third-order valence-electron chi connectivity index (χ3n) is 10.7. The number of methoxy groups -OCH3 is 1. The second kappa shape index (κ2) is 11.6. The SMILES string of the molecule is COC(=O)N[C@H](C(=O)N1CC2(C[C@H]1c1ncc(-c3ccc(-c4ccc(C)c5c4C4(CCCC4)CC5)cc3)[nH]1)OCCO2)C(C)C. The summed E-state index contributed by atoms with van der Waals surface area (Å²) in [5.74, 6) is -0.585. The fraction of sp³-hybridized carbons (Fsp3) is 0.528. The van der Waals surface area contributed by atoms with Crippen molar-refractivity contribution in [3.63, 3.8) is 0 Å². The number of aryl methyl sites for hydroxylation is 1. The van der Waals surface area contributed by atoms with Gasteiger partial charge in [-0.3, -0.25) is 4.79 Å². The molecular formula is C36H44N4O5. The summed E-state index contributed by atoms with van der Waals surface area (Å²) in [5.41, 5.74) is 9.50. The van der Waals surface area contributed by atoms with Crippen LogP contribution in [0.2, 0.25) is 0 Å². The molecular weight excluding hydrogens is 568 g/mol. The van der Waals surface area contributed by atoms with Crippen LogP contribution in [0.15, 0.2) is 42.6 Å². The number of nitrogens with zero attached hydrogens (tertiary/aromatic N) is 2. The van der Waals surface area contributed by atoms with Gasteiger partial charge in [-0.15, -0.1) is 0 Å². The number of rotatable bonds is 6. The van der Waals surface area contributed by atoms with Crippen molar-refractivity contribution in [2.45, 2.75) is 89.0 Å². The van der Waals surface area contributed by atoms with Gasteiger partial charge in [0.25, 0.3) is 0 Å². The summed E-state index contributed by atoms with van der Waals surface area (Å²) in [5, 5.41) is 2.71. The van der Waals surface area contributed by atoms with E-state index in [0.29, 0.717) is 30.9 Å². The van der Waals surface area contributed by atoms with Gasteiger partial charge >= 0.3 is 6.09 Å². The van der Waals surface area contributed by atoms with Crippen molar-refractivity contribution in [3.05, 3.63) is 65.1 Å². The fourth-order valence-corrected chi connectivity index (χ4v) is 8.34. The second-order valence-corrected chi connectivity index (χ2v) is 13.7. The molecule has 9 nitrogen and oxygen atoms in total. The molecule has 3 aromatic rings. The molecule has 7 rings (SSSR count). The van der Waals surface area contributed by atoms with E-state index in [1.807, 2.05) is 20.0 Å². The highest BCUT2D eigenvalue weighted by atomic mass is 16.7. The molecule has 0 bridgehead atoms. The summed E-state index contributed by atoms with van der Waals surface area (Å²) in [7, 11) is 1.29. The Morgan fingerprint density at radius 2 is 1.76 bits per heavy atom. The van der Waals surface area contributed by atoms with Crippen LogP contribution in [0.25, 0.3) is 22.4 Å². The maximum atomic E-state index is 13.9. The van der Waals surface area contributed by atoms with Crippen molar-refractivity contribution in [2.24, 2.45) is 5.92 Å². The monoisotopic (exact) mass is 612 g/mol. The van der Waals surface area contributed by atoms with Crippen molar-refractivity contribution in [1.82, 2.24) is 20.2 Å². The first-order valence-electron chi connectivity index (χ1n) is 16.4. The molecule has 1 aromatic heterocycles. The molecule has 2 atom stereocenters. The number of ether oxygens (including phenoxy) is 3. The average Bonchev–Trinajstić information content (AvgIpc) is 3.89. The molecule has 4 aliphatic rings. The standard InChI is InChI=1S/C36H44N4O5/c1-22(2)31(39-34(42)43-4)33(41)40-21-36(44-17-18-45-36)19-29(40)32-37-20-28(38-32)25-10-8-24(9-11-25)27-12-7-23(3)26-13-16-35(30(26)27)14-5-6-15-35/h7-12,20,22,29,31H,5-6,13-19,21H2,1-4H3,(H,37,38)(H,39,42)/t29-,31-/m0/s1. The number of nitrogens with one attached hydrogen (secondary N) is 2. The molecule has 2 saturated heterocycles. The van der Waals surface area contributed by atoms with E-state index in [2.05, 4.69) is 53.6 Å². The van der Waals surface area contributed by atoms with Gasteiger partial charge in [0.1, 0.15) is 11.9 Å². The van der Waals surface area contributed by atoms with Crippen molar-refractivity contribution in [1.29, 1.82) is 0 Å². The largest absolute Gasteiger partial charge is 0.453 e. The molecule has 45 heavy (non-hydrogen) atoms. The minimum atomic E-state index is -0.882. The second-order valence-electron chi connectivity index (χ2n) is 13.7. The maximum absolute atomic E-state index is 13.9. The van der Waals surface area contributed by atoms with Crippen molar-refractivity contribution in [2.75, 3.05) is 26.9 Å². The van der Waals surface area contributed by atoms with Crippen molar-refractivity contribution < 1.29 is 23.8 Å². The zero-order chi connectivity index (χ0) is 31.3. The zero-order valence-electron chi connectivity index (χ0n) is 26.8. The topological polar surface area (TPSA) is 106 Å². The number of amides is 2. The number of aromatic nitrogens is 2. The highest BCUT2D eigenvalue weighted by molar-refractivity contribution is 5.86. The van der Waals surface area contributed by atoms with Crippen LogP contribution >= 0.6 is 0 Å². The van der Waals surface area contributed by atoms with Crippen LogP contribution in [0, 0.1) is 12.8 Å². The van der Waals surface area contributed by atoms with Gasteiger partial charge < -0.3 is 29.4 Å². The van der Waals surface area contributed by atoms with Crippen LogP contribution in [-0.4, -0.2) is 65.6 Å². The number of fused-ring (bicyclic) bond motifs is 2.